The van der Waals surface area contributed by atoms with E-state index in [0.717, 1.165) is 0 Å². The van der Waals surface area contributed by atoms with Crippen molar-refractivity contribution in [1.29, 1.82) is 0 Å². The molecule has 0 saturated carbocycles. The zero-order valence-electron chi connectivity index (χ0n) is 9.64. The highest BCUT2D eigenvalue weighted by atomic mass is 16.4. The Morgan fingerprint density at radius 1 is 1.00 bits per heavy atom. The van der Waals surface area contributed by atoms with Crippen LogP contribution in [-0.2, 0) is 9.59 Å². The van der Waals surface area contributed by atoms with Crippen LogP contribution >= 0.6 is 0 Å². The van der Waals surface area contributed by atoms with Crippen molar-refractivity contribution in [3.63, 3.8) is 0 Å². The molecule has 0 aromatic rings. The van der Waals surface area contributed by atoms with Gasteiger partial charge in [-0.15, -0.1) is 0 Å². The molecule has 0 heterocycles. The van der Waals surface area contributed by atoms with Gasteiger partial charge >= 0.3 is 11.9 Å². The molecule has 0 aromatic carbocycles. The molecule has 6 nitrogen and oxygen atoms in total. The van der Waals surface area contributed by atoms with Crippen molar-refractivity contribution in [3.05, 3.63) is 0 Å². The molecule has 0 aliphatic rings. The van der Waals surface area contributed by atoms with E-state index in [1.54, 1.807) is 0 Å². The van der Waals surface area contributed by atoms with Crippen LogP contribution in [0.15, 0.2) is 0 Å². The summed E-state index contributed by atoms with van der Waals surface area (Å²) in [5.74, 6) is -2.15. The standard InChI is InChI=1S/C6H14O2.C4H6O4/c1-3-6(8,4-2)5-7;5-3(6)1-2-4(7)8/h7-8H,3-5H2,1-2H3;1-2H2,(H,5,6)(H,7,8). The zero-order chi connectivity index (χ0) is 13.2. The van der Waals surface area contributed by atoms with Crippen LogP contribution in [0.25, 0.3) is 0 Å². The molecule has 96 valence electrons. The van der Waals surface area contributed by atoms with E-state index in [4.69, 9.17) is 15.3 Å². The number of hydrogen-bond acceptors (Lipinski definition) is 4. The molecule has 0 rings (SSSR count). The molecular formula is C10H20O6. The number of carboxylic acids is 2. The molecule has 0 atom stereocenters. The van der Waals surface area contributed by atoms with Crippen LogP contribution in [0.5, 0.6) is 0 Å². The second-order valence-electron chi connectivity index (χ2n) is 3.38. The largest absolute Gasteiger partial charge is 0.481 e. The van der Waals surface area contributed by atoms with Crippen LogP contribution in [0.4, 0.5) is 0 Å². The van der Waals surface area contributed by atoms with E-state index in [-0.39, 0.29) is 19.4 Å². The molecule has 0 amide bonds. The molecule has 0 unspecified atom stereocenters. The molecule has 4 N–H and O–H groups in total. The van der Waals surface area contributed by atoms with Crippen LogP contribution in [0.3, 0.4) is 0 Å². The Morgan fingerprint density at radius 2 is 1.31 bits per heavy atom. The van der Waals surface area contributed by atoms with Crippen molar-refractivity contribution in [2.45, 2.75) is 45.1 Å². The molecule has 0 bridgehead atoms. The lowest BCUT2D eigenvalue weighted by molar-refractivity contribution is -0.143. The summed E-state index contributed by atoms with van der Waals surface area (Å²) in [6.45, 7) is 3.60. The first kappa shape index (κ1) is 17.3. The van der Waals surface area contributed by atoms with Gasteiger partial charge in [-0.1, -0.05) is 13.8 Å². The van der Waals surface area contributed by atoms with Crippen LogP contribution in [0.2, 0.25) is 0 Å². The zero-order valence-corrected chi connectivity index (χ0v) is 9.64. The van der Waals surface area contributed by atoms with Gasteiger partial charge in [-0.3, -0.25) is 9.59 Å². The Bertz CT molecular complexity index is 187. The molecule has 0 aliphatic heterocycles. The van der Waals surface area contributed by atoms with Gasteiger partial charge < -0.3 is 20.4 Å². The molecular weight excluding hydrogens is 216 g/mol. The van der Waals surface area contributed by atoms with E-state index in [2.05, 4.69) is 0 Å². The average molecular weight is 236 g/mol. The Morgan fingerprint density at radius 3 is 1.38 bits per heavy atom. The normalized spacial score (nSPS) is 10.2. The van der Waals surface area contributed by atoms with Crippen molar-refractivity contribution < 1.29 is 30.0 Å². The number of aliphatic carboxylic acids is 2. The van der Waals surface area contributed by atoms with Gasteiger partial charge in [0, 0.05) is 0 Å². The summed E-state index contributed by atoms with van der Waals surface area (Å²) < 4.78 is 0. The van der Waals surface area contributed by atoms with Gasteiger partial charge in [0.25, 0.3) is 0 Å². The number of hydrogen-bond donors (Lipinski definition) is 4. The number of aliphatic hydroxyl groups excluding tert-OH is 1. The van der Waals surface area contributed by atoms with Gasteiger partial charge in [0.2, 0.25) is 0 Å². The Labute approximate surface area is 94.5 Å². The highest BCUT2D eigenvalue weighted by Crippen LogP contribution is 2.11. The smallest absolute Gasteiger partial charge is 0.303 e. The highest BCUT2D eigenvalue weighted by Gasteiger charge is 2.19. The van der Waals surface area contributed by atoms with Crippen molar-refractivity contribution in [3.8, 4) is 0 Å². The fourth-order valence-electron chi connectivity index (χ4n) is 0.687. The van der Waals surface area contributed by atoms with E-state index in [1.807, 2.05) is 13.8 Å². The topological polar surface area (TPSA) is 115 Å². The van der Waals surface area contributed by atoms with E-state index in [9.17, 15) is 14.7 Å². The molecule has 0 radical (unpaired) electrons. The van der Waals surface area contributed by atoms with Crippen LogP contribution in [0.1, 0.15) is 39.5 Å². The minimum Gasteiger partial charge on any atom is -0.481 e. The van der Waals surface area contributed by atoms with E-state index >= 15 is 0 Å². The lowest BCUT2D eigenvalue weighted by atomic mass is 9.99. The maximum Gasteiger partial charge on any atom is 0.303 e. The van der Waals surface area contributed by atoms with Crippen LogP contribution < -0.4 is 0 Å². The maximum atomic E-state index is 9.64. The quantitative estimate of drug-likeness (QED) is 0.532. The first-order valence-electron chi connectivity index (χ1n) is 5.08. The molecule has 0 spiro atoms. The fourth-order valence-corrected chi connectivity index (χ4v) is 0.687. The van der Waals surface area contributed by atoms with Crippen molar-refractivity contribution in [1.82, 2.24) is 0 Å². The summed E-state index contributed by atoms with van der Waals surface area (Å²) in [6, 6.07) is 0. The first-order valence-corrected chi connectivity index (χ1v) is 5.08. The van der Waals surface area contributed by atoms with Gasteiger partial charge in [0.15, 0.2) is 0 Å². The van der Waals surface area contributed by atoms with Gasteiger partial charge in [0.1, 0.15) is 0 Å². The van der Waals surface area contributed by atoms with Gasteiger partial charge in [-0.25, -0.2) is 0 Å². The molecule has 16 heavy (non-hydrogen) atoms. The van der Waals surface area contributed by atoms with Gasteiger partial charge in [-0.05, 0) is 12.8 Å². The monoisotopic (exact) mass is 236 g/mol. The average Bonchev–Trinajstić information content (AvgIpc) is 2.26. The summed E-state index contributed by atoms with van der Waals surface area (Å²) in [4.78, 5) is 19.3. The third-order valence-corrected chi connectivity index (χ3v) is 2.16. The minimum atomic E-state index is -1.08. The van der Waals surface area contributed by atoms with E-state index < -0.39 is 17.5 Å². The SMILES string of the molecule is CCC(O)(CC)CO.O=C(O)CCC(=O)O. The summed E-state index contributed by atoms with van der Waals surface area (Å²) in [7, 11) is 0. The molecule has 0 aromatic heterocycles. The number of carbonyl (C=O) groups is 2. The van der Waals surface area contributed by atoms with E-state index in [0.29, 0.717) is 12.8 Å². The fraction of sp³-hybridized carbons (Fsp3) is 0.800. The summed E-state index contributed by atoms with van der Waals surface area (Å²) in [5, 5.41) is 33.5. The third kappa shape index (κ3) is 10.9. The predicted molar refractivity (Wildman–Crippen MR) is 57.1 cm³/mol. The Balaban J connectivity index is 0. The van der Waals surface area contributed by atoms with Crippen molar-refractivity contribution in [2.24, 2.45) is 0 Å². The molecule has 0 aliphatic carbocycles. The Hall–Kier alpha value is -1.14. The summed E-state index contributed by atoms with van der Waals surface area (Å²) in [5.41, 5.74) is -0.819. The van der Waals surface area contributed by atoms with Crippen molar-refractivity contribution in [2.75, 3.05) is 6.61 Å². The van der Waals surface area contributed by atoms with Crippen molar-refractivity contribution >= 4 is 11.9 Å². The maximum absolute atomic E-state index is 9.64. The van der Waals surface area contributed by atoms with Gasteiger partial charge in [-0.2, -0.15) is 0 Å². The van der Waals surface area contributed by atoms with Gasteiger partial charge in [0.05, 0.1) is 25.0 Å². The first-order chi connectivity index (χ1) is 7.31. The lowest BCUT2D eigenvalue weighted by Crippen LogP contribution is -2.30. The van der Waals surface area contributed by atoms with Crippen LogP contribution in [-0.4, -0.2) is 44.6 Å². The predicted octanol–water partition coefficient (Wildman–Crippen LogP) is 0.466. The minimum absolute atomic E-state index is 0.125. The number of rotatable bonds is 6. The second kappa shape index (κ2) is 9.11. The van der Waals surface area contributed by atoms with Crippen LogP contribution in [0, 0.1) is 0 Å². The Kier molecular flexibility index (Phi) is 9.83. The third-order valence-electron chi connectivity index (χ3n) is 2.16. The molecule has 6 heteroatoms. The summed E-state index contributed by atoms with van der Waals surface area (Å²) in [6.07, 6.45) is 0.657. The lowest BCUT2D eigenvalue weighted by Gasteiger charge is -2.21. The second-order valence-corrected chi connectivity index (χ2v) is 3.38. The molecule has 0 fully saturated rings. The number of aliphatic hydroxyl groups is 2. The van der Waals surface area contributed by atoms with E-state index in [1.165, 1.54) is 0 Å². The molecule has 0 saturated heterocycles. The number of carboxylic acid groups (broad SMARTS) is 2. The highest BCUT2D eigenvalue weighted by molar-refractivity contribution is 5.75. The summed E-state index contributed by atoms with van der Waals surface area (Å²) >= 11 is 0.